The topological polar surface area (TPSA) is 29.5 Å². The number of aliphatic hydroxyl groups excluding tert-OH is 1. The predicted molar refractivity (Wildman–Crippen MR) is 48.2 cm³/mol. The summed E-state index contributed by atoms with van der Waals surface area (Å²) in [6.07, 6.45) is 1.14. The lowest BCUT2D eigenvalue weighted by molar-refractivity contribution is 0.242. The maximum atomic E-state index is 12.9. The van der Waals surface area contributed by atoms with Crippen LogP contribution >= 0.6 is 0 Å². The standard InChI is InChI=1S/C10H12F2O2/c11-8-4-3-5-9(12)10(8)14-7-2-1-6-13/h3-5,13H,1-2,6-7H2. The second-order valence-electron chi connectivity index (χ2n) is 2.83. The summed E-state index contributed by atoms with van der Waals surface area (Å²) in [5, 5.41) is 8.47. The van der Waals surface area contributed by atoms with E-state index in [0.717, 1.165) is 12.1 Å². The van der Waals surface area contributed by atoms with Crippen LogP contribution in [0.2, 0.25) is 0 Å². The van der Waals surface area contributed by atoms with Crippen molar-refractivity contribution in [2.24, 2.45) is 0 Å². The third-order valence-electron chi connectivity index (χ3n) is 1.72. The van der Waals surface area contributed by atoms with Gasteiger partial charge in [-0.25, -0.2) is 8.78 Å². The highest BCUT2D eigenvalue weighted by atomic mass is 19.1. The second-order valence-corrected chi connectivity index (χ2v) is 2.83. The van der Waals surface area contributed by atoms with Gasteiger partial charge in [0.05, 0.1) is 6.61 Å². The molecule has 1 aromatic rings. The minimum atomic E-state index is -0.700. The molecule has 0 aliphatic carbocycles. The fourth-order valence-electron chi connectivity index (χ4n) is 1.01. The lowest BCUT2D eigenvalue weighted by atomic mass is 10.3. The Morgan fingerprint density at radius 3 is 2.36 bits per heavy atom. The summed E-state index contributed by atoms with van der Waals surface area (Å²) in [6, 6.07) is 3.57. The van der Waals surface area contributed by atoms with Gasteiger partial charge in [-0.1, -0.05) is 6.07 Å². The zero-order valence-corrected chi connectivity index (χ0v) is 7.67. The summed E-state index contributed by atoms with van der Waals surface area (Å²) in [5.74, 6) is -1.74. The maximum absolute atomic E-state index is 12.9. The first-order chi connectivity index (χ1) is 6.75. The van der Waals surface area contributed by atoms with E-state index in [9.17, 15) is 8.78 Å². The number of hydrogen-bond acceptors (Lipinski definition) is 2. The number of benzene rings is 1. The molecule has 0 saturated heterocycles. The second kappa shape index (κ2) is 5.54. The van der Waals surface area contributed by atoms with Gasteiger partial charge in [0.25, 0.3) is 0 Å². The molecule has 0 amide bonds. The average molecular weight is 202 g/mol. The van der Waals surface area contributed by atoms with E-state index in [2.05, 4.69) is 0 Å². The molecule has 1 rings (SSSR count). The zero-order chi connectivity index (χ0) is 10.4. The molecule has 0 aromatic heterocycles. The predicted octanol–water partition coefficient (Wildman–Crippen LogP) is 2.12. The van der Waals surface area contributed by atoms with E-state index in [1.165, 1.54) is 6.07 Å². The Morgan fingerprint density at radius 2 is 1.79 bits per heavy atom. The van der Waals surface area contributed by atoms with Crippen molar-refractivity contribution in [1.29, 1.82) is 0 Å². The lowest BCUT2D eigenvalue weighted by Gasteiger charge is -2.06. The minimum absolute atomic E-state index is 0.0586. The van der Waals surface area contributed by atoms with Crippen LogP contribution in [0.15, 0.2) is 18.2 Å². The highest BCUT2D eigenvalue weighted by Gasteiger charge is 2.08. The molecule has 0 spiro atoms. The van der Waals surface area contributed by atoms with Gasteiger partial charge in [-0.2, -0.15) is 0 Å². The molecule has 0 radical (unpaired) electrons. The van der Waals surface area contributed by atoms with Crippen molar-refractivity contribution in [2.45, 2.75) is 12.8 Å². The van der Waals surface area contributed by atoms with E-state index in [4.69, 9.17) is 9.84 Å². The molecular formula is C10H12F2O2. The van der Waals surface area contributed by atoms with Crippen molar-refractivity contribution >= 4 is 0 Å². The highest BCUT2D eigenvalue weighted by molar-refractivity contribution is 5.25. The molecule has 1 aromatic carbocycles. The van der Waals surface area contributed by atoms with Gasteiger partial charge in [0, 0.05) is 6.61 Å². The number of para-hydroxylation sites is 1. The van der Waals surface area contributed by atoms with Crippen LogP contribution in [-0.2, 0) is 0 Å². The lowest BCUT2D eigenvalue weighted by Crippen LogP contribution is -2.02. The Hall–Kier alpha value is -1.16. The minimum Gasteiger partial charge on any atom is -0.488 e. The summed E-state index contributed by atoms with van der Waals surface area (Å²) in [4.78, 5) is 0. The van der Waals surface area contributed by atoms with Crippen LogP contribution in [0.3, 0.4) is 0 Å². The highest BCUT2D eigenvalue weighted by Crippen LogP contribution is 2.20. The zero-order valence-electron chi connectivity index (χ0n) is 7.67. The quantitative estimate of drug-likeness (QED) is 0.741. The normalized spacial score (nSPS) is 10.2. The van der Waals surface area contributed by atoms with Gasteiger partial charge in [-0.05, 0) is 25.0 Å². The van der Waals surface area contributed by atoms with Crippen molar-refractivity contribution in [1.82, 2.24) is 0 Å². The van der Waals surface area contributed by atoms with Gasteiger partial charge in [-0.15, -0.1) is 0 Å². The van der Waals surface area contributed by atoms with Crippen molar-refractivity contribution in [3.63, 3.8) is 0 Å². The third kappa shape index (κ3) is 2.96. The molecule has 0 atom stereocenters. The maximum Gasteiger partial charge on any atom is 0.190 e. The molecule has 2 nitrogen and oxygen atoms in total. The van der Waals surface area contributed by atoms with Gasteiger partial charge >= 0.3 is 0 Å². The van der Waals surface area contributed by atoms with Gasteiger partial charge in [0.2, 0.25) is 0 Å². The smallest absolute Gasteiger partial charge is 0.190 e. The monoisotopic (exact) mass is 202 g/mol. The van der Waals surface area contributed by atoms with E-state index < -0.39 is 11.6 Å². The molecular weight excluding hydrogens is 190 g/mol. The number of unbranched alkanes of at least 4 members (excludes halogenated alkanes) is 1. The Labute approximate surface area is 81.1 Å². The fraction of sp³-hybridized carbons (Fsp3) is 0.400. The van der Waals surface area contributed by atoms with E-state index in [1.807, 2.05) is 0 Å². The fourth-order valence-corrected chi connectivity index (χ4v) is 1.01. The molecule has 14 heavy (non-hydrogen) atoms. The van der Waals surface area contributed by atoms with Crippen LogP contribution in [0.1, 0.15) is 12.8 Å². The van der Waals surface area contributed by atoms with Gasteiger partial charge in [-0.3, -0.25) is 0 Å². The summed E-state index contributed by atoms with van der Waals surface area (Å²) in [5.41, 5.74) is 0. The Balaban J connectivity index is 2.49. The largest absolute Gasteiger partial charge is 0.488 e. The molecule has 0 saturated carbocycles. The van der Waals surface area contributed by atoms with Crippen LogP contribution in [0.5, 0.6) is 5.75 Å². The SMILES string of the molecule is OCCCCOc1c(F)cccc1F. The molecule has 0 heterocycles. The van der Waals surface area contributed by atoms with E-state index in [1.54, 1.807) is 0 Å². The van der Waals surface area contributed by atoms with Crippen molar-refractivity contribution in [3.8, 4) is 5.75 Å². The number of hydrogen-bond donors (Lipinski definition) is 1. The van der Waals surface area contributed by atoms with Gasteiger partial charge in [0.15, 0.2) is 17.4 Å². The summed E-state index contributed by atoms with van der Waals surface area (Å²) < 4.78 is 30.8. The first-order valence-electron chi connectivity index (χ1n) is 4.43. The Kier molecular flexibility index (Phi) is 4.32. The molecule has 78 valence electrons. The Morgan fingerprint density at radius 1 is 1.14 bits per heavy atom. The van der Waals surface area contributed by atoms with Crippen LogP contribution in [0.4, 0.5) is 8.78 Å². The first kappa shape index (κ1) is 10.9. The average Bonchev–Trinajstić information content (AvgIpc) is 2.16. The molecule has 0 aliphatic heterocycles. The Bertz CT molecular complexity index is 269. The van der Waals surface area contributed by atoms with Crippen molar-refractivity contribution in [2.75, 3.05) is 13.2 Å². The summed E-state index contributed by atoms with van der Waals surface area (Å²) >= 11 is 0. The molecule has 0 aliphatic rings. The van der Waals surface area contributed by atoms with Gasteiger partial charge in [0.1, 0.15) is 0 Å². The summed E-state index contributed by atoms with van der Waals surface area (Å²) in [6.45, 7) is 0.265. The van der Waals surface area contributed by atoms with Crippen LogP contribution < -0.4 is 4.74 Å². The molecule has 1 N–H and O–H groups in total. The summed E-state index contributed by atoms with van der Waals surface area (Å²) in [7, 11) is 0. The van der Waals surface area contributed by atoms with Crippen molar-refractivity contribution in [3.05, 3.63) is 29.8 Å². The van der Waals surface area contributed by atoms with Crippen molar-refractivity contribution < 1.29 is 18.6 Å². The van der Waals surface area contributed by atoms with E-state index in [-0.39, 0.29) is 19.0 Å². The van der Waals surface area contributed by atoms with E-state index >= 15 is 0 Å². The number of rotatable bonds is 5. The number of ether oxygens (including phenoxy) is 1. The van der Waals surface area contributed by atoms with Crippen LogP contribution in [-0.4, -0.2) is 18.3 Å². The number of halogens is 2. The molecule has 0 fully saturated rings. The van der Waals surface area contributed by atoms with Crippen LogP contribution in [0.25, 0.3) is 0 Å². The first-order valence-corrected chi connectivity index (χ1v) is 4.43. The molecule has 4 heteroatoms. The molecule has 0 unspecified atom stereocenters. The third-order valence-corrected chi connectivity index (χ3v) is 1.72. The van der Waals surface area contributed by atoms with Crippen LogP contribution in [0, 0.1) is 11.6 Å². The molecule has 0 bridgehead atoms. The van der Waals surface area contributed by atoms with E-state index in [0.29, 0.717) is 12.8 Å². The number of aliphatic hydroxyl groups is 1. The van der Waals surface area contributed by atoms with Gasteiger partial charge < -0.3 is 9.84 Å².